The third kappa shape index (κ3) is 177. The van der Waals surface area contributed by atoms with Crippen molar-refractivity contribution in [3.05, 3.63) is 0 Å². The molecule has 0 bridgehead atoms. The van der Waals surface area contributed by atoms with E-state index in [4.69, 9.17) is 0 Å². The Labute approximate surface area is 679 Å². The van der Waals surface area contributed by atoms with Gasteiger partial charge in [-0.2, -0.15) is 0 Å². The summed E-state index contributed by atoms with van der Waals surface area (Å²) in [6.07, 6.45) is 66.7. The molecule has 0 amide bonds. The van der Waals surface area contributed by atoms with Gasteiger partial charge in [0.15, 0.2) is 0 Å². The summed E-state index contributed by atoms with van der Waals surface area (Å²) in [5, 5.41) is 80.2. The topological polar surface area (TPSA) is 321 Å². The van der Waals surface area contributed by atoms with E-state index in [1.165, 1.54) is 257 Å². The van der Waals surface area contributed by atoms with Crippen LogP contribution in [0.4, 0.5) is 0 Å². The maximum atomic E-state index is 10.0. The van der Waals surface area contributed by atoms with Gasteiger partial charge in [0, 0.05) is 47.8 Å². The van der Waals surface area contributed by atoms with Gasteiger partial charge in [-0.05, 0) is 103 Å². The fraction of sp³-hybridized carbons (Fsp3) is 0.900. The normalized spacial score (nSPS) is 9.68. The second kappa shape index (κ2) is 122. The average Bonchev–Trinajstić information content (AvgIpc) is 3.60. The van der Waals surface area contributed by atoms with E-state index in [0.717, 1.165) is 103 Å². The molecule has 0 atom stereocenters. The van der Waals surface area contributed by atoms with Crippen molar-refractivity contribution >= 4 is 140 Å². The molecular weight excluding hydrogens is 1310 g/mol. The Morgan fingerprint density at radius 3 is 0.250 bits per heavy atom. The maximum absolute atomic E-state index is 10.0. The van der Waals surface area contributed by atoms with Crippen LogP contribution in [0.25, 0.3) is 0 Å². The Morgan fingerprint density at radius 1 is 0.130 bits per heavy atom. The number of carboxylic acid groups (broad SMARTS) is 8. The number of aliphatic carboxylic acids is 8. The molecule has 0 aromatic heterocycles. The molecule has 0 fully saturated rings. The van der Waals surface area contributed by atoms with Crippen molar-refractivity contribution in [3.8, 4) is 0 Å². The molecule has 0 heterocycles. The minimum Gasteiger partial charge on any atom is -0.550 e. The van der Waals surface area contributed by atoms with Crippen LogP contribution < -0.4 is 40.9 Å². The van der Waals surface area contributed by atoms with Crippen molar-refractivity contribution in [2.24, 2.45) is 0 Å². The Morgan fingerprint density at radius 2 is 0.190 bits per heavy atom. The fourth-order valence-corrected chi connectivity index (χ4v) is 9.81. The van der Waals surface area contributed by atoms with Crippen LogP contribution in [-0.4, -0.2) is 140 Å². The Hall–Kier alpha value is -1.18. The molecule has 0 radical (unpaired) electrons. The van der Waals surface area contributed by atoms with Crippen molar-refractivity contribution in [2.75, 3.05) is 0 Å². The first-order valence-corrected chi connectivity index (χ1v) is 39.8. The van der Waals surface area contributed by atoms with Crippen LogP contribution >= 0.6 is 0 Å². The predicted molar refractivity (Wildman–Crippen MR) is 404 cm³/mol. The fourth-order valence-electron chi connectivity index (χ4n) is 9.81. The molecule has 0 unspecified atom stereocenters. The van der Waals surface area contributed by atoms with Gasteiger partial charge in [0.2, 0.25) is 0 Å². The standard InChI is InChI=1S/8C10H20O2.4Mg/c8*1-2-3-4-5-6-7-8-9-10(11)12;;;;/h8*2-9H2,1H3,(H,11,12);;;;/q;;;;;;;;4*+2/p-8. The summed E-state index contributed by atoms with van der Waals surface area (Å²) in [5.41, 5.74) is 0. The number of rotatable bonds is 64. The van der Waals surface area contributed by atoms with Crippen LogP contribution in [0, 0.1) is 0 Å². The number of carbonyl (C=O) groups excluding carboxylic acids is 8. The zero-order valence-corrected chi connectivity index (χ0v) is 72.3. The second-order valence-electron chi connectivity index (χ2n) is 25.9. The Bertz CT molecular complexity index is 1240. The van der Waals surface area contributed by atoms with E-state index >= 15 is 0 Å². The smallest absolute Gasteiger partial charge is 0.550 e. The van der Waals surface area contributed by atoms with E-state index in [1.54, 1.807) is 0 Å². The average molecular weight is 1470 g/mol. The zero-order valence-electron chi connectivity index (χ0n) is 66.6. The number of hydrogen-bond donors (Lipinski definition) is 0. The number of carboxylic acids is 8. The van der Waals surface area contributed by atoms with Crippen molar-refractivity contribution < 1.29 is 79.2 Å². The summed E-state index contributed by atoms with van der Waals surface area (Å²) in [6.45, 7) is 17.5. The van der Waals surface area contributed by atoms with Gasteiger partial charge in [-0.25, -0.2) is 0 Å². The van der Waals surface area contributed by atoms with Crippen molar-refractivity contribution in [1.82, 2.24) is 0 Å². The zero-order chi connectivity index (χ0) is 73.9. The SMILES string of the molecule is CCCCCCCCCC(=O)[O-].CCCCCCCCCC(=O)[O-].CCCCCCCCCC(=O)[O-].CCCCCCCCCC(=O)[O-].CCCCCCCCCC(=O)[O-].CCCCCCCCCC(=O)[O-].CCCCCCCCCC(=O)[O-].CCCCCCCCCC(=O)[O-].[Mg+2].[Mg+2].[Mg+2].[Mg+2]. The molecule has 0 N–H and O–H groups in total. The van der Waals surface area contributed by atoms with E-state index in [2.05, 4.69) is 55.4 Å². The predicted octanol–water partition coefficient (Wildman–Crippen LogP) is 13.5. The first-order valence-electron chi connectivity index (χ1n) is 39.8. The van der Waals surface area contributed by atoms with Crippen molar-refractivity contribution in [1.29, 1.82) is 0 Å². The molecule has 0 aromatic rings. The Kier molecular flexibility index (Phi) is 153. The molecule has 0 saturated carbocycles. The first-order chi connectivity index (χ1) is 46.2. The second-order valence-corrected chi connectivity index (χ2v) is 25.9. The third-order valence-electron chi connectivity index (χ3n) is 15.9. The van der Waals surface area contributed by atoms with Crippen LogP contribution in [0.5, 0.6) is 0 Å². The summed E-state index contributed by atoms with van der Waals surface area (Å²) in [6, 6.07) is 0. The summed E-state index contributed by atoms with van der Waals surface area (Å²) in [5.74, 6) is -7.31. The molecule has 16 nitrogen and oxygen atoms in total. The minimum absolute atomic E-state index is 0. The van der Waals surface area contributed by atoms with Gasteiger partial charge >= 0.3 is 92.2 Å². The van der Waals surface area contributed by atoms with Gasteiger partial charge in [0.1, 0.15) is 0 Å². The van der Waals surface area contributed by atoms with Crippen LogP contribution in [0.15, 0.2) is 0 Å². The van der Waals surface area contributed by atoms with Gasteiger partial charge in [-0.3, -0.25) is 0 Å². The molecule has 0 aliphatic rings. The van der Waals surface area contributed by atoms with Crippen molar-refractivity contribution in [3.63, 3.8) is 0 Å². The first kappa shape index (κ1) is 125. The molecule has 0 aromatic carbocycles. The summed E-state index contributed by atoms with van der Waals surface area (Å²) < 4.78 is 0. The van der Waals surface area contributed by atoms with Crippen LogP contribution in [-0.2, 0) is 38.4 Å². The molecule has 0 aliphatic carbocycles. The largest absolute Gasteiger partial charge is 2.00 e. The number of carbonyl (C=O) groups is 8. The van der Waals surface area contributed by atoms with Gasteiger partial charge in [-0.15, -0.1) is 0 Å². The van der Waals surface area contributed by atoms with Gasteiger partial charge in [0.05, 0.1) is 0 Å². The van der Waals surface area contributed by atoms with Gasteiger partial charge in [-0.1, -0.05) is 364 Å². The van der Waals surface area contributed by atoms with E-state index in [1.807, 2.05) is 0 Å². The monoisotopic (exact) mass is 1470 g/mol. The van der Waals surface area contributed by atoms with E-state index < -0.39 is 47.8 Å². The van der Waals surface area contributed by atoms with E-state index in [9.17, 15) is 79.2 Å². The van der Waals surface area contributed by atoms with E-state index in [-0.39, 0.29) is 144 Å². The Balaban J connectivity index is -0.0000000880. The number of unbranched alkanes of at least 4 members (excludes halogenated alkanes) is 48. The van der Waals surface area contributed by atoms with Crippen LogP contribution in [0.1, 0.15) is 466 Å². The summed E-state index contributed by atoms with van der Waals surface area (Å²) >= 11 is 0. The minimum atomic E-state index is -0.913. The summed E-state index contributed by atoms with van der Waals surface area (Å²) in [7, 11) is 0. The van der Waals surface area contributed by atoms with Crippen LogP contribution in [0.2, 0.25) is 0 Å². The van der Waals surface area contributed by atoms with Crippen LogP contribution in [0.3, 0.4) is 0 Å². The van der Waals surface area contributed by atoms with Crippen molar-refractivity contribution in [2.45, 2.75) is 466 Å². The molecule has 0 spiro atoms. The molecule has 20 heteroatoms. The molecule has 100 heavy (non-hydrogen) atoms. The third-order valence-corrected chi connectivity index (χ3v) is 15.9. The molecule has 576 valence electrons. The summed E-state index contributed by atoms with van der Waals surface area (Å²) in [4.78, 5) is 80.2. The van der Waals surface area contributed by atoms with Gasteiger partial charge < -0.3 is 79.2 Å². The molecule has 0 rings (SSSR count). The molecule has 0 saturated heterocycles. The number of hydrogen-bond acceptors (Lipinski definition) is 16. The molecular formula is C80H152Mg4O16. The quantitative estimate of drug-likeness (QED) is 0.0403. The van der Waals surface area contributed by atoms with Gasteiger partial charge in [0.25, 0.3) is 0 Å². The molecule has 0 aliphatic heterocycles. The maximum Gasteiger partial charge on any atom is 2.00 e. The van der Waals surface area contributed by atoms with E-state index in [0.29, 0.717) is 0 Å².